The minimum atomic E-state index is -0.334. The van der Waals surface area contributed by atoms with Gasteiger partial charge in [-0.05, 0) is 148 Å². The van der Waals surface area contributed by atoms with Crippen LogP contribution in [0, 0.1) is 0 Å². The van der Waals surface area contributed by atoms with E-state index < -0.39 is 0 Å². The van der Waals surface area contributed by atoms with E-state index in [0.29, 0.717) is 11.8 Å². The summed E-state index contributed by atoms with van der Waals surface area (Å²) in [5.74, 6) is 1.33. The summed E-state index contributed by atoms with van der Waals surface area (Å²) in [4.78, 5) is 2.55. The molecule has 3 aliphatic carbocycles. The van der Waals surface area contributed by atoms with Gasteiger partial charge in [-0.1, -0.05) is 180 Å². The Hall–Kier alpha value is -6.64. The minimum absolute atomic E-state index is 0.334. The van der Waals surface area contributed by atoms with Crippen molar-refractivity contribution in [1.29, 1.82) is 0 Å². The molecule has 9 aromatic rings. The van der Waals surface area contributed by atoms with E-state index in [-0.39, 0.29) is 5.41 Å². The third-order valence-corrected chi connectivity index (χ3v) is 15.5. The number of hydrogen-bond acceptors (Lipinski definition) is 1. The predicted molar refractivity (Wildman–Crippen MR) is 276 cm³/mol. The Morgan fingerprint density at radius 2 is 1.00 bits per heavy atom. The van der Waals surface area contributed by atoms with Crippen molar-refractivity contribution in [2.75, 3.05) is 4.90 Å². The zero-order valence-corrected chi connectivity index (χ0v) is 37.9. The molecule has 0 spiro atoms. The van der Waals surface area contributed by atoms with Gasteiger partial charge in [0.2, 0.25) is 0 Å². The molecule has 0 saturated heterocycles. The first-order valence-corrected chi connectivity index (χ1v) is 24.5. The van der Waals surface area contributed by atoms with Gasteiger partial charge in [-0.15, -0.1) is 0 Å². The molecule has 0 aliphatic heterocycles. The molecule has 2 nitrogen and oxygen atoms in total. The number of para-hydroxylation sites is 1. The second-order valence-corrected chi connectivity index (χ2v) is 19.7. The van der Waals surface area contributed by atoms with Gasteiger partial charge in [0.1, 0.15) is 0 Å². The maximum Gasteiger partial charge on any atom is 0.0588 e. The Morgan fingerprint density at radius 1 is 0.462 bits per heavy atom. The Kier molecular flexibility index (Phi) is 10.1. The first-order valence-electron chi connectivity index (χ1n) is 24.5. The van der Waals surface area contributed by atoms with Gasteiger partial charge in [-0.25, -0.2) is 0 Å². The van der Waals surface area contributed by atoms with Gasteiger partial charge in [0.25, 0.3) is 0 Å². The fourth-order valence-corrected chi connectivity index (χ4v) is 12.3. The zero-order chi connectivity index (χ0) is 43.5. The lowest BCUT2D eigenvalue weighted by Crippen LogP contribution is -2.18. The van der Waals surface area contributed by atoms with Crippen LogP contribution in [0.2, 0.25) is 0 Å². The summed E-state index contributed by atoms with van der Waals surface area (Å²) in [6.07, 6.45) is 13.3. The smallest absolute Gasteiger partial charge is 0.0588 e. The highest BCUT2D eigenvalue weighted by Crippen LogP contribution is 2.58. The minimum Gasteiger partial charge on any atom is -0.310 e. The molecule has 65 heavy (non-hydrogen) atoms. The largest absolute Gasteiger partial charge is 0.310 e. The summed E-state index contributed by atoms with van der Waals surface area (Å²) >= 11 is 0. The Labute approximate surface area is 385 Å². The van der Waals surface area contributed by atoms with Crippen LogP contribution in [-0.2, 0) is 5.41 Å². The van der Waals surface area contributed by atoms with E-state index in [4.69, 9.17) is 0 Å². The highest BCUT2D eigenvalue weighted by atomic mass is 15.1. The van der Waals surface area contributed by atoms with Crippen LogP contribution >= 0.6 is 0 Å². The number of aromatic nitrogens is 1. The topological polar surface area (TPSA) is 8.17 Å². The molecule has 8 aromatic carbocycles. The number of fused-ring (bicyclic) bond motifs is 7. The molecule has 1 aromatic heterocycles. The normalized spacial score (nSPS) is 16.2. The van der Waals surface area contributed by atoms with E-state index in [9.17, 15) is 0 Å². The maximum absolute atomic E-state index is 2.56. The van der Waals surface area contributed by atoms with Crippen molar-refractivity contribution < 1.29 is 0 Å². The molecule has 0 N–H and O–H groups in total. The summed E-state index contributed by atoms with van der Waals surface area (Å²) in [5, 5.41) is 2.60. The molecule has 0 bridgehead atoms. The lowest BCUT2D eigenvalue weighted by Gasteiger charge is -2.30. The Bertz CT molecular complexity index is 3080. The summed E-state index contributed by atoms with van der Waals surface area (Å²) in [6, 6.07) is 69.2. The number of anilines is 3. The van der Waals surface area contributed by atoms with Gasteiger partial charge in [-0.2, -0.15) is 0 Å². The Balaban J connectivity index is 1.09. The highest BCUT2D eigenvalue weighted by Gasteiger charge is 2.41. The lowest BCUT2D eigenvalue weighted by atomic mass is 9.80. The standard InChI is InChI=1S/C63H58N2/c1-63(2)57-42-52(64(50-35-31-45(32-36-50)43-19-8-3-9-20-43)51-37-33-46(34-38-51)44-21-10-4-11-22-44)41-56(48-25-14-6-15-26-48)59(57)54-39-40-55-60-53(47-23-12-5-13-24-47)29-18-30-58(60)65(62(55)61(54)63)49-27-16-7-17-28-49/h5-7,12-18,23-44H,3-4,8-11,19-22H2,1-2H3. The van der Waals surface area contributed by atoms with E-state index in [1.807, 2.05) is 0 Å². The van der Waals surface area contributed by atoms with Crippen molar-refractivity contribution >= 4 is 38.9 Å². The van der Waals surface area contributed by atoms with Crippen LogP contribution in [0.5, 0.6) is 0 Å². The van der Waals surface area contributed by atoms with Crippen molar-refractivity contribution in [2.45, 2.75) is 95.3 Å². The van der Waals surface area contributed by atoms with Crippen molar-refractivity contribution in [3.63, 3.8) is 0 Å². The summed E-state index contributed by atoms with van der Waals surface area (Å²) < 4.78 is 2.56. The molecular weight excluding hydrogens is 785 g/mol. The van der Waals surface area contributed by atoms with Gasteiger partial charge in [0.05, 0.1) is 11.0 Å². The van der Waals surface area contributed by atoms with Crippen molar-refractivity contribution in [3.8, 4) is 39.1 Å². The molecule has 2 saturated carbocycles. The first kappa shape index (κ1) is 39.9. The van der Waals surface area contributed by atoms with Crippen molar-refractivity contribution in [2.24, 2.45) is 0 Å². The van der Waals surface area contributed by atoms with Crippen LogP contribution in [-0.4, -0.2) is 4.57 Å². The van der Waals surface area contributed by atoms with E-state index in [2.05, 4.69) is 205 Å². The SMILES string of the molecule is CC1(C)c2cc(N(c3ccc(C4CCCCC4)cc3)c3ccc(C4CCCCC4)cc3)cc(-c3ccccc3)c2-c2ccc3c4c(-c5ccccc5)cccc4n(-c4ccccc4)c3c21. The number of rotatable bonds is 8. The molecule has 0 atom stereocenters. The molecule has 3 aliphatic rings. The van der Waals surface area contributed by atoms with Crippen molar-refractivity contribution in [3.05, 3.63) is 204 Å². The fraction of sp³-hybridized carbons (Fsp3) is 0.238. The molecule has 0 amide bonds. The van der Waals surface area contributed by atoms with Crippen LogP contribution < -0.4 is 4.90 Å². The van der Waals surface area contributed by atoms with E-state index in [1.54, 1.807) is 0 Å². The maximum atomic E-state index is 2.56. The third-order valence-electron chi connectivity index (χ3n) is 15.5. The van der Waals surface area contributed by atoms with Crippen LogP contribution in [0.4, 0.5) is 17.1 Å². The molecule has 2 fully saturated rings. The molecule has 0 radical (unpaired) electrons. The average Bonchev–Trinajstić information content (AvgIpc) is 3.83. The first-order chi connectivity index (χ1) is 32.0. The van der Waals surface area contributed by atoms with Gasteiger partial charge in [0, 0.05) is 38.9 Å². The number of hydrogen-bond donors (Lipinski definition) is 0. The molecule has 12 rings (SSSR count). The fourth-order valence-electron chi connectivity index (χ4n) is 12.3. The van der Waals surface area contributed by atoms with Crippen LogP contribution in [0.15, 0.2) is 182 Å². The van der Waals surface area contributed by atoms with Crippen LogP contribution in [0.3, 0.4) is 0 Å². The molecule has 2 heteroatoms. The van der Waals surface area contributed by atoms with Crippen molar-refractivity contribution in [1.82, 2.24) is 4.57 Å². The lowest BCUT2D eigenvalue weighted by molar-refractivity contribution is 0.443. The second-order valence-electron chi connectivity index (χ2n) is 19.7. The van der Waals surface area contributed by atoms with E-state index in [1.165, 1.54) is 164 Å². The van der Waals surface area contributed by atoms with E-state index >= 15 is 0 Å². The van der Waals surface area contributed by atoms with Crippen LogP contribution in [0.1, 0.15) is 112 Å². The van der Waals surface area contributed by atoms with Gasteiger partial charge in [-0.3, -0.25) is 0 Å². The number of benzene rings is 8. The summed E-state index contributed by atoms with van der Waals surface area (Å²) in [7, 11) is 0. The molecular formula is C63H58N2. The predicted octanol–water partition coefficient (Wildman–Crippen LogP) is 18.0. The monoisotopic (exact) mass is 842 g/mol. The third kappa shape index (κ3) is 6.84. The molecule has 320 valence electrons. The second kappa shape index (κ2) is 16.4. The van der Waals surface area contributed by atoms with Gasteiger partial charge >= 0.3 is 0 Å². The van der Waals surface area contributed by atoms with E-state index in [0.717, 1.165) is 0 Å². The highest BCUT2D eigenvalue weighted by molar-refractivity contribution is 6.18. The summed E-state index contributed by atoms with van der Waals surface area (Å²) in [5.41, 5.74) is 20.4. The van der Waals surface area contributed by atoms with Gasteiger partial charge in [0.15, 0.2) is 0 Å². The average molecular weight is 843 g/mol. The quantitative estimate of drug-likeness (QED) is 0.148. The Morgan fingerprint density at radius 3 is 1.57 bits per heavy atom. The molecule has 1 heterocycles. The number of nitrogens with zero attached hydrogens (tertiary/aromatic N) is 2. The zero-order valence-electron chi connectivity index (χ0n) is 37.9. The summed E-state index contributed by atoms with van der Waals surface area (Å²) in [6.45, 7) is 4.95. The van der Waals surface area contributed by atoms with Gasteiger partial charge < -0.3 is 9.47 Å². The molecule has 0 unspecified atom stereocenters. The van der Waals surface area contributed by atoms with Crippen LogP contribution in [0.25, 0.3) is 60.9 Å².